The number of benzene rings is 1. The smallest absolute Gasteiger partial charge is 0.285 e. The normalized spacial score (nSPS) is 20.8. The Morgan fingerprint density at radius 1 is 1.30 bits per heavy atom. The van der Waals surface area contributed by atoms with Crippen LogP contribution in [0.5, 0.6) is 0 Å². The Hall–Kier alpha value is -2.08. The molecule has 1 heterocycles. The Balaban J connectivity index is 1.92. The molecule has 0 saturated carbocycles. The van der Waals surface area contributed by atoms with Gasteiger partial charge in [-0.2, -0.15) is 0 Å². The maximum Gasteiger partial charge on any atom is 0.285 e. The summed E-state index contributed by atoms with van der Waals surface area (Å²) in [5.74, 6) is -3.06. The lowest BCUT2D eigenvalue weighted by atomic mass is 9.87. The minimum Gasteiger partial charge on any atom is -0.363 e. The van der Waals surface area contributed by atoms with Crippen molar-refractivity contribution >= 4 is 34.9 Å². The van der Waals surface area contributed by atoms with Crippen molar-refractivity contribution in [3.8, 4) is 0 Å². The summed E-state index contributed by atoms with van der Waals surface area (Å²) in [6.45, 7) is 0. The number of nitrogens with one attached hydrogen (secondary N) is 1. The van der Waals surface area contributed by atoms with Crippen molar-refractivity contribution in [2.75, 3.05) is 5.32 Å². The third kappa shape index (κ3) is 2.02. The zero-order valence-electron chi connectivity index (χ0n) is 10.5. The van der Waals surface area contributed by atoms with Crippen LogP contribution in [0.4, 0.5) is 5.69 Å². The lowest BCUT2D eigenvalue weighted by Crippen LogP contribution is -2.38. The second-order valence-corrected chi connectivity index (χ2v) is 5.77. The fourth-order valence-corrected chi connectivity index (χ4v) is 3.54. The summed E-state index contributed by atoms with van der Waals surface area (Å²) in [5.41, 5.74) is 6.78. The molecule has 0 aromatic heterocycles. The number of para-hydroxylation sites is 1. The van der Waals surface area contributed by atoms with Gasteiger partial charge >= 0.3 is 0 Å². The van der Waals surface area contributed by atoms with Gasteiger partial charge in [0, 0.05) is 10.6 Å². The van der Waals surface area contributed by atoms with Gasteiger partial charge in [-0.15, -0.1) is 0 Å². The Morgan fingerprint density at radius 2 is 2.05 bits per heavy atom. The molecular weight excluding hydrogens is 276 g/mol. The van der Waals surface area contributed by atoms with Crippen molar-refractivity contribution in [3.63, 3.8) is 0 Å². The van der Waals surface area contributed by atoms with E-state index in [1.807, 2.05) is 24.3 Å². The maximum atomic E-state index is 12.4. The predicted octanol–water partition coefficient (Wildman–Crippen LogP) is 1.45. The molecule has 3 N–H and O–H groups in total. The lowest BCUT2D eigenvalue weighted by Gasteiger charge is -2.29. The number of anilines is 1. The van der Waals surface area contributed by atoms with Crippen molar-refractivity contribution in [1.29, 1.82) is 0 Å². The molecule has 1 amide bonds. The molecule has 0 unspecified atom stereocenters. The summed E-state index contributed by atoms with van der Waals surface area (Å²) in [6, 6.07) is 7.65. The molecule has 1 aromatic rings. The minimum absolute atomic E-state index is 0.304. The van der Waals surface area contributed by atoms with Crippen LogP contribution >= 0.6 is 11.8 Å². The molecule has 2 aliphatic rings. The van der Waals surface area contributed by atoms with E-state index in [4.69, 9.17) is 5.73 Å². The largest absolute Gasteiger partial charge is 0.363 e. The fraction of sp³-hybridized carbons (Fsp3) is 0.214. The zero-order valence-corrected chi connectivity index (χ0v) is 11.3. The Bertz CT molecular complexity index is 666. The van der Waals surface area contributed by atoms with Crippen LogP contribution in [0.25, 0.3) is 0 Å². The molecule has 1 aliphatic carbocycles. The first-order valence-electron chi connectivity index (χ1n) is 6.23. The Kier molecular flexibility index (Phi) is 3.10. The molecule has 0 saturated heterocycles. The van der Waals surface area contributed by atoms with Gasteiger partial charge in [0.25, 0.3) is 5.91 Å². The van der Waals surface area contributed by atoms with Gasteiger partial charge in [-0.3, -0.25) is 14.4 Å². The SMILES string of the molecule is NC(=O)C(=O)[C@H]1CCC2=C(Sc3ccccc3N2)C1=O. The number of carbonyl (C=O) groups excluding carboxylic acids is 3. The van der Waals surface area contributed by atoms with Crippen molar-refractivity contribution in [2.24, 2.45) is 11.7 Å². The van der Waals surface area contributed by atoms with Crippen molar-refractivity contribution < 1.29 is 14.4 Å². The number of hydrogen-bond acceptors (Lipinski definition) is 5. The number of Topliss-reactive ketones (excluding diaryl/α,β-unsaturated/α-hetero) is 2. The number of hydrogen-bond donors (Lipinski definition) is 2. The quantitative estimate of drug-likeness (QED) is 0.635. The average molecular weight is 288 g/mol. The molecule has 0 radical (unpaired) electrons. The molecule has 1 atom stereocenters. The number of rotatable bonds is 2. The van der Waals surface area contributed by atoms with Gasteiger partial charge in [-0.25, -0.2) is 0 Å². The number of amides is 1. The van der Waals surface area contributed by atoms with Crippen LogP contribution in [0.15, 0.2) is 39.8 Å². The molecule has 20 heavy (non-hydrogen) atoms. The summed E-state index contributed by atoms with van der Waals surface area (Å²) >= 11 is 1.35. The van der Waals surface area contributed by atoms with Crippen molar-refractivity contribution in [1.82, 2.24) is 0 Å². The van der Waals surface area contributed by atoms with Crippen LogP contribution in [0.2, 0.25) is 0 Å². The maximum absolute atomic E-state index is 12.4. The molecule has 0 spiro atoms. The highest BCUT2D eigenvalue weighted by Gasteiger charge is 2.38. The Labute approximate surface area is 119 Å². The molecular formula is C14H12N2O3S. The van der Waals surface area contributed by atoms with Crippen molar-refractivity contribution in [3.05, 3.63) is 34.9 Å². The first kappa shape index (κ1) is 12.9. The number of fused-ring (bicyclic) bond motifs is 1. The minimum atomic E-state index is -1.04. The van der Waals surface area contributed by atoms with Crippen LogP contribution in [0.1, 0.15) is 12.8 Å². The molecule has 3 rings (SSSR count). The molecule has 0 bridgehead atoms. The summed E-state index contributed by atoms with van der Waals surface area (Å²) in [6.07, 6.45) is 0.890. The van der Waals surface area contributed by atoms with E-state index >= 15 is 0 Å². The first-order valence-corrected chi connectivity index (χ1v) is 7.04. The van der Waals surface area contributed by atoms with Crippen LogP contribution in [-0.4, -0.2) is 17.5 Å². The number of nitrogens with two attached hydrogens (primary N) is 1. The van der Waals surface area contributed by atoms with E-state index in [1.54, 1.807) is 0 Å². The van der Waals surface area contributed by atoms with E-state index in [0.29, 0.717) is 17.7 Å². The van der Waals surface area contributed by atoms with Crippen molar-refractivity contribution in [2.45, 2.75) is 17.7 Å². The third-order valence-corrected chi connectivity index (χ3v) is 4.67. The van der Waals surface area contributed by atoms with E-state index in [2.05, 4.69) is 5.32 Å². The highest BCUT2D eigenvalue weighted by atomic mass is 32.2. The molecule has 102 valence electrons. The number of allylic oxidation sites excluding steroid dienone is 2. The molecule has 6 heteroatoms. The van der Waals surface area contributed by atoms with Gasteiger partial charge < -0.3 is 11.1 Å². The standard InChI is InChI=1S/C14H12N2O3S/c15-14(19)12(18)7-5-6-9-13(11(7)17)20-10-4-2-1-3-8(10)16-9/h1-4,7,16H,5-6H2,(H2,15,19)/t7-/m0/s1. The van der Waals surface area contributed by atoms with E-state index < -0.39 is 17.6 Å². The van der Waals surface area contributed by atoms with Gasteiger partial charge in [0.15, 0.2) is 5.78 Å². The second kappa shape index (κ2) is 4.79. The number of thioether (sulfide) groups is 1. The topological polar surface area (TPSA) is 89.3 Å². The van der Waals surface area contributed by atoms with Crippen LogP contribution < -0.4 is 11.1 Å². The fourth-order valence-electron chi connectivity index (χ4n) is 2.42. The van der Waals surface area contributed by atoms with E-state index in [9.17, 15) is 14.4 Å². The number of primary amides is 1. The second-order valence-electron chi connectivity index (χ2n) is 4.71. The first-order chi connectivity index (χ1) is 9.58. The van der Waals surface area contributed by atoms with Crippen LogP contribution in [0, 0.1) is 5.92 Å². The van der Waals surface area contributed by atoms with E-state index in [0.717, 1.165) is 16.3 Å². The number of carbonyl (C=O) groups is 3. The summed E-state index contributed by atoms with van der Waals surface area (Å²) in [5, 5.41) is 3.23. The predicted molar refractivity (Wildman–Crippen MR) is 74.9 cm³/mol. The van der Waals surface area contributed by atoms with Gasteiger partial charge in [-0.1, -0.05) is 23.9 Å². The summed E-state index contributed by atoms with van der Waals surface area (Å²) in [4.78, 5) is 36.5. The van der Waals surface area contributed by atoms with E-state index in [-0.39, 0.29) is 5.78 Å². The van der Waals surface area contributed by atoms with Gasteiger partial charge in [0.1, 0.15) is 0 Å². The van der Waals surface area contributed by atoms with Gasteiger partial charge in [0.05, 0.1) is 16.5 Å². The molecule has 1 aliphatic heterocycles. The average Bonchev–Trinajstić information content (AvgIpc) is 2.45. The summed E-state index contributed by atoms with van der Waals surface area (Å²) < 4.78 is 0. The molecule has 0 fully saturated rings. The Morgan fingerprint density at radius 3 is 2.80 bits per heavy atom. The van der Waals surface area contributed by atoms with Crippen LogP contribution in [-0.2, 0) is 14.4 Å². The zero-order chi connectivity index (χ0) is 14.3. The summed E-state index contributed by atoms with van der Waals surface area (Å²) in [7, 11) is 0. The monoisotopic (exact) mass is 288 g/mol. The van der Waals surface area contributed by atoms with Crippen LogP contribution in [0.3, 0.4) is 0 Å². The molecule has 5 nitrogen and oxygen atoms in total. The third-order valence-electron chi connectivity index (χ3n) is 3.44. The van der Waals surface area contributed by atoms with E-state index in [1.165, 1.54) is 11.8 Å². The molecule has 1 aromatic carbocycles. The number of ketones is 2. The highest BCUT2D eigenvalue weighted by molar-refractivity contribution is 8.04. The lowest BCUT2D eigenvalue weighted by molar-refractivity contribution is -0.141. The highest BCUT2D eigenvalue weighted by Crippen LogP contribution is 2.44. The van der Waals surface area contributed by atoms with Gasteiger partial charge in [-0.05, 0) is 25.0 Å². The van der Waals surface area contributed by atoms with Gasteiger partial charge in [0.2, 0.25) is 5.78 Å².